The van der Waals surface area contributed by atoms with Crippen molar-refractivity contribution in [3.8, 4) is 5.75 Å². The number of anilines is 1. The van der Waals surface area contributed by atoms with Crippen molar-refractivity contribution in [1.29, 1.82) is 0 Å². The Labute approximate surface area is 126 Å². The maximum absolute atomic E-state index is 11.6. The van der Waals surface area contributed by atoms with Crippen LogP contribution in [0.4, 0.5) is 5.69 Å². The van der Waals surface area contributed by atoms with Crippen LogP contribution in [0.1, 0.15) is 50.5 Å². The number of benzene rings is 1. The average molecular weight is 357 g/mol. The number of phenols is 1. The molecular weight excluding hydrogens is 337 g/mol. The zero-order valence-electron chi connectivity index (χ0n) is 11.9. The number of amides is 1. The molecule has 116 valence electrons. The molecule has 1 fully saturated rings. The Bertz CT molecular complexity index is 589. The van der Waals surface area contributed by atoms with Crippen LogP contribution < -0.4 is 9.67 Å². The van der Waals surface area contributed by atoms with E-state index in [0.717, 1.165) is 31.2 Å². The molecule has 0 aliphatic heterocycles. The molecular formula is C14H20AsNO5. The topological polar surface area (TPSA) is 107 Å². The average Bonchev–Trinajstić information content (AvgIpc) is 2.40. The Morgan fingerprint density at radius 2 is 1.86 bits per heavy atom. The van der Waals surface area contributed by atoms with Gasteiger partial charge in [0.2, 0.25) is 0 Å². The number of aromatic hydroxyl groups is 1. The minimum absolute atomic E-state index is 0.0744. The molecule has 0 atom stereocenters. The molecule has 0 heterocycles. The van der Waals surface area contributed by atoms with Crippen LogP contribution in [0.3, 0.4) is 0 Å². The SMILES string of the molecule is CC(=O)Nc1cc(C2CCCCC2)cc([As](=O)(O)O)c1O. The van der Waals surface area contributed by atoms with Gasteiger partial charge in [0.15, 0.2) is 0 Å². The maximum atomic E-state index is 11.6. The minimum atomic E-state index is -5.26. The summed E-state index contributed by atoms with van der Waals surface area (Å²) in [4.78, 5) is 11.2. The second-order valence-electron chi connectivity index (χ2n) is 5.50. The zero-order chi connectivity index (χ0) is 15.6. The van der Waals surface area contributed by atoms with Gasteiger partial charge >= 0.3 is 126 Å². The summed E-state index contributed by atoms with van der Waals surface area (Å²) in [6.07, 6.45) is 5.24. The predicted molar refractivity (Wildman–Crippen MR) is 78.7 cm³/mol. The van der Waals surface area contributed by atoms with E-state index in [1.807, 2.05) is 0 Å². The Morgan fingerprint density at radius 3 is 2.38 bits per heavy atom. The molecule has 6 nitrogen and oxygen atoms in total. The van der Waals surface area contributed by atoms with Crippen LogP contribution in [-0.2, 0) is 8.53 Å². The van der Waals surface area contributed by atoms with E-state index in [0.29, 0.717) is 0 Å². The summed E-state index contributed by atoms with van der Waals surface area (Å²) in [7, 11) is 0. The summed E-state index contributed by atoms with van der Waals surface area (Å²) in [5, 5.41) is 12.4. The first-order chi connectivity index (χ1) is 9.79. The van der Waals surface area contributed by atoms with E-state index in [4.69, 9.17) is 0 Å². The number of carbonyl (C=O) groups is 1. The van der Waals surface area contributed by atoms with Crippen molar-refractivity contribution < 1.29 is 21.8 Å². The van der Waals surface area contributed by atoms with Gasteiger partial charge in [-0.15, -0.1) is 0 Å². The van der Waals surface area contributed by atoms with Gasteiger partial charge in [0.05, 0.1) is 0 Å². The molecule has 21 heavy (non-hydrogen) atoms. The summed E-state index contributed by atoms with van der Waals surface area (Å²) < 4.78 is 30.1. The summed E-state index contributed by atoms with van der Waals surface area (Å²) in [6, 6.07) is 3.03. The van der Waals surface area contributed by atoms with E-state index in [1.165, 1.54) is 19.4 Å². The molecule has 1 aliphatic carbocycles. The third-order valence-electron chi connectivity index (χ3n) is 3.81. The van der Waals surface area contributed by atoms with Crippen LogP contribution >= 0.6 is 0 Å². The van der Waals surface area contributed by atoms with Gasteiger partial charge < -0.3 is 0 Å². The standard InChI is InChI=1S/C14H20AsNO5/c1-9(17)16-13-8-11(10-5-3-2-4-6-10)7-12(14(13)18)15(19,20)21/h7-8,10,18H,2-6H2,1H3,(H,16,17)(H2,19,20,21). The van der Waals surface area contributed by atoms with Crippen molar-refractivity contribution in [1.82, 2.24) is 0 Å². The van der Waals surface area contributed by atoms with Crippen molar-refractivity contribution in [3.63, 3.8) is 0 Å². The molecule has 4 N–H and O–H groups in total. The molecule has 1 aliphatic rings. The van der Waals surface area contributed by atoms with Crippen molar-refractivity contribution >= 4 is 30.1 Å². The third-order valence-corrected chi connectivity index (χ3v) is 5.85. The number of carbonyl (C=O) groups excluding carboxylic acids is 1. The zero-order valence-corrected chi connectivity index (χ0v) is 13.7. The fraction of sp³-hybridized carbons (Fsp3) is 0.500. The van der Waals surface area contributed by atoms with E-state index in [1.54, 1.807) is 6.07 Å². The molecule has 1 saturated carbocycles. The van der Waals surface area contributed by atoms with Crippen molar-refractivity contribution in [2.24, 2.45) is 0 Å². The van der Waals surface area contributed by atoms with Crippen molar-refractivity contribution in [3.05, 3.63) is 17.7 Å². The monoisotopic (exact) mass is 357 g/mol. The first kappa shape index (κ1) is 16.1. The molecule has 1 aromatic carbocycles. The second-order valence-corrected chi connectivity index (χ2v) is 8.79. The number of rotatable bonds is 3. The van der Waals surface area contributed by atoms with Crippen LogP contribution in [-0.4, -0.2) is 33.4 Å². The Kier molecular flexibility index (Phi) is 4.81. The van der Waals surface area contributed by atoms with Gasteiger partial charge in [-0.05, 0) is 0 Å². The Morgan fingerprint density at radius 1 is 1.24 bits per heavy atom. The van der Waals surface area contributed by atoms with Gasteiger partial charge in [-0.25, -0.2) is 0 Å². The third kappa shape index (κ3) is 3.90. The molecule has 0 saturated heterocycles. The van der Waals surface area contributed by atoms with Gasteiger partial charge in [0.25, 0.3) is 0 Å². The van der Waals surface area contributed by atoms with E-state index < -0.39 is 25.8 Å². The number of hydrogen-bond donors (Lipinski definition) is 4. The summed E-state index contributed by atoms with van der Waals surface area (Å²) in [5.74, 6) is -0.708. The van der Waals surface area contributed by atoms with E-state index >= 15 is 0 Å². The molecule has 1 amide bonds. The van der Waals surface area contributed by atoms with E-state index in [9.17, 15) is 21.8 Å². The van der Waals surface area contributed by atoms with Gasteiger partial charge in [-0.3, -0.25) is 0 Å². The molecule has 0 unspecified atom stereocenters. The quantitative estimate of drug-likeness (QED) is 0.476. The number of hydrogen-bond acceptors (Lipinski definition) is 3. The molecule has 0 radical (unpaired) electrons. The first-order valence-electron chi connectivity index (χ1n) is 6.99. The first-order valence-corrected chi connectivity index (χ1v) is 10.4. The van der Waals surface area contributed by atoms with Crippen LogP contribution in [0.15, 0.2) is 12.1 Å². The molecule has 0 spiro atoms. The Balaban J connectivity index is 2.50. The summed E-state index contributed by atoms with van der Waals surface area (Å²) >= 11 is -5.26. The summed E-state index contributed by atoms with van der Waals surface area (Å²) in [5.41, 5.74) is 0.848. The van der Waals surface area contributed by atoms with Gasteiger partial charge in [-0.2, -0.15) is 0 Å². The van der Waals surface area contributed by atoms with Gasteiger partial charge in [-0.1, -0.05) is 0 Å². The fourth-order valence-corrected chi connectivity index (χ4v) is 4.32. The molecule has 0 aromatic heterocycles. The molecule has 2 rings (SSSR count). The summed E-state index contributed by atoms with van der Waals surface area (Å²) in [6.45, 7) is 1.29. The van der Waals surface area contributed by atoms with Crippen LogP contribution in [0.25, 0.3) is 0 Å². The second kappa shape index (κ2) is 6.26. The van der Waals surface area contributed by atoms with Crippen molar-refractivity contribution in [2.45, 2.75) is 44.9 Å². The Hall–Kier alpha value is -1.23. The van der Waals surface area contributed by atoms with Crippen LogP contribution in [0.5, 0.6) is 5.75 Å². The normalized spacial score (nSPS) is 16.7. The molecule has 0 bridgehead atoms. The van der Waals surface area contributed by atoms with Gasteiger partial charge in [0, 0.05) is 0 Å². The van der Waals surface area contributed by atoms with Gasteiger partial charge in [0.1, 0.15) is 0 Å². The number of phenolic OH excluding ortho intramolecular Hbond substituents is 1. The van der Waals surface area contributed by atoms with E-state index in [-0.39, 0.29) is 16.0 Å². The van der Waals surface area contributed by atoms with Crippen LogP contribution in [0, 0.1) is 0 Å². The number of nitrogens with one attached hydrogen (secondary N) is 1. The van der Waals surface area contributed by atoms with Crippen LogP contribution in [0.2, 0.25) is 0 Å². The van der Waals surface area contributed by atoms with Crippen molar-refractivity contribution in [2.75, 3.05) is 5.32 Å². The predicted octanol–water partition coefficient (Wildman–Crippen LogP) is 0.959. The van der Waals surface area contributed by atoms with E-state index in [2.05, 4.69) is 5.32 Å². The molecule has 1 aromatic rings. The molecule has 7 heteroatoms. The fourth-order valence-electron chi connectivity index (χ4n) is 2.82.